The molecule has 0 radical (unpaired) electrons. The Labute approximate surface area is 51.7 Å². The van der Waals surface area contributed by atoms with Gasteiger partial charge < -0.3 is 14.9 Å². The van der Waals surface area contributed by atoms with Gasteiger partial charge in [0.15, 0.2) is 0 Å². The number of hydrogen-bond donors (Lipinski definition) is 2. The molecule has 2 N–H and O–H groups in total. The van der Waals surface area contributed by atoms with Gasteiger partial charge in [0, 0.05) is 0 Å². The van der Waals surface area contributed by atoms with E-state index in [4.69, 9.17) is 14.9 Å². The Balaban J connectivity index is 2.22. The van der Waals surface area contributed by atoms with Crippen molar-refractivity contribution < 1.29 is 14.9 Å². The maximum absolute atomic E-state index is 8.76. The average Bonchev–Trinajstić information content (AvgIpc) is 2.14. The molecule has 0 saturated carbocycles. The molecule has 0 aromatic rings. The molecule has 1 saturated heterocycles. The van der Waals surface area contributed by atoms with Gasteiger partial charge in [0.1, 0.15) is 10.9 Å². The lowest BCUT2D eigenvalue weighted by Crippen LogP contribution is -2.05. The van der Waals surface area contributed by atoms with Crippen molar-refractivity contribution >= 4 is 11.8 Å². The van der Waals surface area contributed by atoms with Crippen LogP contribution in [0.3, 0.4) is 0 Å². The van der Waals surface area contributed by atoms with Crippen LogP contribution in [0.1, 0.15) is 0 Å². The van der Waals surface area contributed by atoms with Crippen molar-refractivity contribution in [2.75, 3.05) is 13.2 Å². The Morgan fingerprint density at radius 3 is 2.75 bits per heavy atom. The van der Waals surface area contributed by atoms with E-state index in [0.29, 0.717) is 6.61 Å². The van der Waals surface area contributed by atoms with Crippen molar-refractivity contribution in [1.29, 1.82) is 0 Å². The van der Waals surface area contributed by atoms with Crippen molar-refractivity contribution in [2.24, 2.45) is 0 Å². The molecule has 0 spiro atoms. The fourth-order valence-electron chi connectivity index (χ4n) is 0.539. The maximum Gasteiger partial charge on any atom is 0.128 e. The highest BCUT2D eigenvalue weighted by Gasteiger charge is 2.22. The van der Waals surface area contributed by atoms with Crippen molar-refractivity contribution in [3.8, 4) is 0 Å². The Morgan fingerprint density at radius 2 is 2.50 bits per heavy atom. The maximum atomic E-state index is 8.76. The fourth-order valence-corrected chi connectivity index (χ4v) is 1.29. The molecule has 2 atom stereocenters. The molecule has 1 rings (SSSR count). The number of rotatable bonds is 1. The third-order valence-corrected chi connectivity index (χ3v) is 1.92. The quantitative estimate of drug-likeness (QED) is 0.504. The highest BCUT2D eigenvalue weighted by atomic mass is 32.2. The molecule has 1 aliphatic heterocycles. The van der Waals surface area contributed by atoms with Gasteiger partial charge in [-0.1, -0.05) is 11.8 Å². The summed E-state index contributed by atoms with van der Waals surface area (Å²) in [5, 5.41) is 17.2. The van der Waals surface area contributed by atoms with Crippen LogP contribution in [0.15, 0.2) is 0 Å². The van der Waals surface area contributed by atoms with Crippen LogP contribution < -0.4 is 0 Å². The van der Waals surface area contributed by atoms with Crippen LogP contribution in [0.4, 0.5) is 0 Å². The lowest BCUT2D eigenvalue weighted by molar-refractivity contribution is 0.0597. The number of aliphatic hydroxyl groups is 2. The van der Waals surface area contributed by atoms with Crippen LogP contribution in [0.25, 0.3) is 0 Å². The summed E-state index contributed by atoms with van der Waals surface area (Å²) in [5.74, 6) is 0. The van der Waals surface area contributed by atoms with Gasteiger partial charge in [-0.2, -0.15) is 0 Å². The minimum atomic E-state index is -0.438. The molecule has 8 heavy (non-hydrogen) atoms. The monoisotopic (exact) mass is 136 g/mol. The summed E-state index contributed by atoms with van der Waals surface area (Å²) in [6, 6.07) is 0. The lowest BCUT2D eigenvalue weighted by Gasteiger charge is -1.99. The third kappa shape index (κ3) is 1.35. The first-order valence-corrected chi connectivity index (χ1v) is 3.33. The smallest absolute Gasteiger partial charge is 0.128 e. The van der Waals surface area contributed by atoms with Gasteiger partial charge in [-0.25, -0.2) is 0 Å². The van der Waals surface area contributed by atoms with E-state index < -0.39 is 5.44 Å². The second-order valence-electron chi connectivity index (χ2n) is 1.54. The normalized spacial score (nSPS) is 38.2. The molecule has 1 aliphatic rings. The first-order valence-electron chi connectivity index (χ1n) is 2.39. The van der Waals surface area contributed by atoms with E-state index in [1.54, 1.807) is 0 Å². The summed E-state index contributed by atoms with van der Waals surface area (Å²) in [7, 11) is 0. The van der Waals surface area contributed by atoms with Crippen molar-refractivity contribution in [3.63, 3.8) is 0 Å². The first-order chi connectivity index (χ1) is 3.83. The lowest BCUT2D eigenvalue weighted by atomic mass is 10.7. The van der Waals surface area contributed by atoms with Gasteiger partial charge in [-0.05, 0) is 0 Å². The number of aliphatic hydroxyl groups excluding tert-OH is 2. The zero-order valence-electron chi connectivity index (χ0n) is 4.28. The highest BCUT2D eigenvalue weighted by Crippen LogP contribution is 2.24. The third-order valence-electron chi connectivity index (χ3n) is 0.883. The highest BCUT2D eigenvalue weighted by molar-refractivity contribution is 8.00. The Hall–Kier alpha value is 0.230. The van der Waals surface area contributed by atoms with Crippen molar-refractivity contribution in [2.45, 2.75) is 10.9 Å². The Bertz CT molecular complexity index is 77.7. The molecule has 3 nitrogen and oxygen atoms in total. The SMILES string of the molecule is OCC1OCC(O)S1. The summed E-state index contributed by atoms with van der Waals surface area (Å²) in [5.41, 5.74) is -0.642. The molecular weight excluding hydrogens is 128 g/mol. The molecule has 48 valence electrons. The molecule has 0 aliphatic carbocycles. The largest absolute Gasteiger partial charge is 0.393 e. The van der Waals surface area contributed by atoms with Crippen LogP contribution in [0.5, 0.6) is 0 Å². The Kier molecular flexibility index (Phi) is 2.13. The van der Waals surface area contributed by atoms with E-state index in [9.17, 15) is 0 Å². The topological polar surface area (TPSA) is 49.7 Å². The van der Waals surface area contributed by atoms with Crippen molar-refractivity contribution in [1.82, 2.24) is 0 Å². The van der Waals surface area contributed by atoms with E-state index in [2.05, 4.69) is 0 Å². The van der Waals surface area contributed by atoms with Gasteiger partial charge in [-0.15, -0.1) is 0 Å². The second-order valence-corrected chi connectivity index (χ2v) is 2.88. The first kappa shape index (κ1) is 6.35. The summed E-state index contributed by atoms with van der Waals surface area (Å²) in [6.45, 7) is 0.331. The van der Waals surface area contributed by atoms with Gasteiger partial charge in [0.05, 0.1) is 13.2 Å². The summed E-state index contributed by atoms with van der Waals surface area (Å²) >= 11 is 1.25. The zero-order valence-corrected chi connectivity index (χ0v) is 5.10. The molecule has 0 aromatic carbocycles. The zero-order chi connectivity index (χ0) is 5.98. The molecule has 0 bridgehead atoms. The Morgan fingerprint density at radius 1 is 1.75 bits per heavy atom. The molecule has 0 amide bonds. The van der Waals surface area contributed by atoms with Crippen LogP contribution in [0.2, 0.25) is 0 Å². The van der Waals surface area contributed by atoms with E-state index in [1.165, 1.54) is 11.8 Å². The number of hydrogen-bond acceptors (Lipinski definition) is 4. The minimum absolute atomic E-state index is 0.0122. The molecule has 4 heteroatoms. The van der Waals surface area contributed by atoms with Crippen LogP contribution in [-0.2, 0) is 4.74 Å². The van der Waals surface area contributed by atoms with E-state index >= 15 is 0 Å². The van der Waals surface area contributed by atoms with Gasteiger partial charge >= 0.3 is 0 Å². The average molecular weight is 136 g/mol. The summed E-state index contributed by atoms with van der Waals surface area (Å²) in [6.07, 6.45) is 0. The standard InChI is InChI=1S/C4H8O3S/c5-1-4-7-2-3(6)8-4/h3-6H,1-2H2. The molecular formula is C4H8O3S. The van der Waals surface area contributed by atoms with E-state index in [0.717, 1.165) is 0 Å². The number of ether oxygens (including phenoxy) is 1. The van der Waals surface area contributed by atoms with Gasteiger partial charge in [-0.3, -0.25) is 0 Å². The van der Waals surface area contributed by atoms with Gasteiger partial charge in [0.25, 0.3) is 0 Å². The van der Waals surface area contributed by atoms with E-state index in [1.807, 2.05) is 0 Å². The van der Waals surface area contributed by atoms with Crippen LogP contribution >= 0.6 is 11.8 Å². The molecule has 0 aromatic heterocycles. The predicted molar refractivity (Wildman–Crippen MR) is 30.4 cm³/mol. The van der Waals surface area contributed by atoms with E-state index in [-0.39, 0.29) is 12.0 Å². The van der Waals surface area contributed by atoms with Crippen LogP contribution in [0, 0.1) is 0 Å². The second kappa shape index (κ2) is 2.68. The van der Waals surface area contributed by atoms with Crippen LogP contribution in [-0.4, -0.2) is 34.3 Å². The molecule has 1 heterocycles. The molecule has 1 fully saturated rings. The molecule has 2 unspecified atom stereocenters. The van der Waals surface area contributed by atoms with Gasteiger partial charge in [0.2, 0.25) is 0 Å². The fraction of sp³-hybridized carbons (Fsp3) is 1.00. The predicted octanol–water partition coefficient (Wildman–Crippen LogP) is -0.613. The summed E-state index contributed by atoms with van der Waals surface area (Å²) in [4.78, 5) is 0. The minimum Gasteiger partial charge on any atom is -0.393 e. The summed E-state index contributed by atoms with van der Waals surface area (Å²) < 4.78 is 4.88. The van der Waals surface area contributed by atoms with Crippen molar-refractivity contribution in [3.05, 3.63) is 0 Å². The number of thioether (sulfide) groups is 1.